The molecule has 0 spiro atoms. The van der Waals surface area contributed by atoms with Crippen molar-refractivity contribution in [2.24, 2.45) is 0 Å². The Kier molecular flexibility index (Phi) is 4.91. The first kappa shape index (κ1) is 14.4. The van der Waals surface area contributed by atoms with E-state index in [1.807, 2.05) is 20.8 Å². The molecule has 0 aliphatic carbocycles. The van der Waals surface area contributed by atoms with Crippen LogP contribution in [0.5, 0.6) is 0 Å². The molecule has 0 aromatic heterocycles. The number of carbonyl (C=O) groups excluding carboxylic acids is 1. The lowest BCUT2D eigenvalue weighted by molar-refractivity contribution is 0.0244. The zero-order chi connectivity index (χ0) is 13.1. The van der Waals surface area contributed by atoms with Gasteiger partial charge >= 0.3 is 6.09 Å². The molecule has 6 nitrogen and oxygen atoms in total. The highest BCUT2D eigenvalue weighted by molar-refractivity contribution is 7.79. The highest BCUT2D eigenvalue weighted by atomic mass is 32.2. The lowest BCUT2D eigenvalue weighted by Gasteiger charge is -2.24. The highest BCUT2D eigenvalue weighted by Crippen LogP contribution is 2.17. The Bertz CT molecular complexity index is 302. The van der Waals surface area contributed by atoms with Gasteiger partial charge in [0.2, 0.25) is 0 Å². The van der Waals surface area contributed by atoms with E-state index in [9.17, 15) is 9.00 Å². The van der Waals surface area contributed by atoms with Gasteiger partial charge in [-0.3, -0.25) is 0 Å². The standard InChI is InChI=1S/C10H19NO5S/c1-10(2,3)16-9(12)11-5-4-8(6-11)15-7-17(13)14/h8H,4-7H2,1-3H3,(H,13,14)/t8-/m0/s1. The van der Waals surface area contributed by atoms with Crippen LogP contribution in [0.3, 0.4) is 0 Å². The van der Waals surface area contributed by atoms with Crippen molar-refractivity contribution in [3.8, 4) is 0 Å². The van der Waals surface area contributed by atoms with Gasteiger partial charge in [-0.1, -0.05) is 0 Å². The lowest BCUT2D eigenvalue weighted by atomic mass is 10.2. The minimum Gasteiger partial charge on any atom is -0.444 e. The normalized spacial score (nSPS) is 22.6. The number of likely N-dealkylation sites (tertiary alicyclic amines) is 1. The Hall–Kier alpha value is -0.660. The Balaban J connectivity index is 2.34. The molecule has 1 saturated heterocycles. The van der Waals surface area contributed by atoms with Crippen LogP contribution in [0.25, 0.3) is 0 Å². The Labute approximate surface area is 104 Å². The van der Waals surface area contributed by atoms with E-state index in [4.69, 9.17) is 14.0 Å². The maximum absolute atomic E-state index is 11.7. The summed E-state index contributed by atoms with van der Waals surface area (Å²) in [6, 6.07) is 0. The Morgan fingerprint density at radius 1 is 1.53 bits per heavy atom. The van der Waals surface area contributed by atoms with Crippen LogP contribution in [0.15, 0.2) is 0 Å². The molecule has 1 aliphatic heterocycles. The van der Waals surface area contributed by atoms with E-state index in [0.29, 0.717) is 19.5 Å². The van der Waals surface area contributed by atoms with Crippen molar-refractivity contribution in [1.82, 2.24) is 4.90 Å². The molecule has 17 heavy (non-hydrogen) atoms. The second kappa shape index (κ2) is 5.79. The summed E-state index contributed by atoms with van der Waals surface area (Å²) in [4.78, 5) is 13.2. The Morgan fingerprint density at radius 3 is 2.71 bits per heavy atom. The van der Waals surface area contributed by atoms with Gasteiger partial charge in [0, 0.05) is 6.54 Å². The molecular formula is C10H19NO5S. The van der Waals surface area contributed by atoms with Crippen molar-refractivity contribution in [3.63, 3.8) is 0 Å². The highest BCUT2D eigenvalue weighted by Gasteiger charge is 2.30. The van der Waals surface area contributed by atoms with Crippen LogP contribution in [-0.2, 0) is 20.6 Å². The minimum absolute atomic E-state index is 0.182. The van der Waals surface area contributed by atoms with Crippen molar-refractivity contribution in [2.45, 2.75) is 38.9 Å². The fourth-order valence-electron chi connectivity index (χ4n) is 1.51. The first-order chi connectivity index (χ1) is 7.78. The second-order valence-electron chi connectivity index (χ2n) is 4.94. The number of ether oxygens (including phenoxy) is 2. The molecule has 100 valence electrons. The third-order valence-corrected chi connectivity index (χ3v) is 2.54. The van der Waals surface area contributed by atoms with Crippen LogP contribution in [0, 0.1) is 0 Å². The monoisotopic (exact) mass is 265 g/mol. The fraction of sp³-hybridized carbons (Fsp3) is 0.900. The summed E-state index contributed by atoms with van der Waals surface area (Å²) in [5, 5.41) is 0. The first-order valence-electron chi connectivity index (χ1n) is 5.45. The first-order valence-corrected chi connectivity index (χ1v) is 6.72. The molecule has 7 heteroatoms. The molecule has 1 amide bonds. The summed E-state index contributed by atoms with van der Waals surface area (Å²) >= 11 is -1.96. The summed E-state index contributed by atoms with van der Waals surface area (Å²) < 4.78 is 29.4. The molecule has 2 atom stereocenters. The predicted octanol–water partition coefficient (Wildman–Crippen LogP) is 1.19. The zero-order valence-corrected chi connectivity index (χ0v) is 11.2. The van der Waals surface area contributed by atoms with Gasteiger partial charge in [0.15, 0.2) is 11.1 Å². The smallest absolute Gasteiger partial charge is 0.410 e. The predicted molar refractivity (Wildman–Crippen MR) is 62.9 cm³/mol. The summed E-state index contributed by atoms with van der Waals surface area (Å²) in [6.07, 6.45) is 0.114. The number of nitrogens with zero attached hydrogens (tertiary/aromatic N) is 1. The van der Waals surface area contributed by atoms with Crippen LogP contribution < -0.4 is 0 Å². The summed E-state index contributed by atoms with van der Waals surface area (Å²) in [6.45, 7) is 6.39. The van der Waals surface area contributed by atoms with Crippen LogP contribution in [0.2, 0.25) is 0 Å². The quantitative estimate of drug-likeness (QED) is 0.776. The van der Waals surface area contributed by atoms with Gasteiger partial charge in [-0.2, -0.15) is 0 Å². The summed E-state index contributed by atoms with van der Waals surface area (Å²) in [7, 11) is 0. The average Bonchev–Trinajstić information content (AvgIpc) is 2.60. The van der Waals surface area contributed by atoms with E-state index >= 15 is 0 Å². The molecule has 0 bridgehead atoms. The SMILES string of the molecule is CC(C)(C)OC(=O)N1CC[C@H](OCS(=O)O)C1. The van der Waals surface area contributed by atoms with E-state index in [2.05, 4.69) is 0 Å². The molecular weight excluding hydrogens is 246 g/mol. The Morgan fingerprint density at radius 2 is 2.18 bits per heavy atom. The number of amides is 1. The largest absolute Gasteiger partial charge is 0.444 e. The van der Waals surface area contributed by atoms with Crippen LogP contribution in [-0.4, -0.2) is 50.5 Å². The maximum Gasteiger partial charge on any atom is 0.410 e. The number of hydrogen-bond acceptors (Lipinski definition) is 4. The molecule has 1 fully saturated rings. The van der Waals surface area contributed by atoms with E-state index in [-0.39, 0.29) is 18.1 Å². The lowest BCUT2D eigenvalue weighted by Crippen LogP contribution is -2.36. The van der Waals surface area contributed by atoms with Crippen molar-refractivity contribution in [2.75, 3.05) is 19.0 Å². The van der Waals surface area contributed by atoms with E-state index in [0.717, 1.165) is 0 Å². The summed E-state index contributed by atoms with van der Waals surface area (Å²) in [5.74, 6) is -0.215. The van der Waals surface area contributed by atoms with Gasteiger partial charge in [-0.15, -0.1) is 0 Å². The molecule has 1 N–H and O–H groups in total. The van der Waals surface area contributed by atoms with Crippen molar-refractivity contribution in [1.29, 1.82) is 0 Å². The van der Waals surface area contributed by atoms with Crippen LogP contribution in [0.4, 0.5) is 4.79 Å². The van der Waals surface area contributed by atoms with Crippen molar-refractivity contribution in [3.05, 3.63) is 0 Å². The topological polar surface area (TPSA) is 76.1 Å². The fourth-order valence-corrected chi connectivity index (χ4v) is 1.82. The van der Waals surface area contributed by atoms with Gasteiger partial charge in [0.25, 0.3) is 0 Å². The molecule has 0 aromatic carbocycles. The third kappa shape index (κ3) is 5.47. The average molecular weight is 265 g/mol. The van der Waals surface area contributed by atoms with Gasteiger partial charge in [-0.25, -0.2) is 9.00 Å². The van der Waals surface area contributed by atoms with Crippen LogP contribution in [0.1, 0.15) is 27.2 Å². The zero-order valence-electron chi connectivity index (χ0n) is 10.3. The molecule has 1 unspecified atom stereocenters. The molecule has 0 saturated carbocycles. The minimum atomic E-state index is -1.96. The summed E-state index contributed by atoms with van der Waals surface area (Å²) in [5.41, 5.74) is -0.511. The second-order valence-corrected chi connectivity index (χ2v) is 5.82. The van der Waals surface area contributed by atoms with Gasteiger partial charge < -0.3 is 18.9 Å². The molecule has 0 aromatic rings. The molecule has 1 heterocycles. The number of rotatable bonds is 3. The van der Waals surface area contributed by atoms with E-state index < -0.39 is 16.7 Å². The van der Waals surface area contributed by atoms with E-state index in [1.165, 1.54) is 0 Å². The maximum atomic E-state index is 11.7. The third-order valence-electron chi connectivity index (χ3n) is 2.20. The van der Waals surface area contributed by atoms with Crippen LogP contribution >= 0.6 is 0 Å². The molecule has 1 rings (SSSR count). The van der Waals surface area contributed by atoms with Gasteiger partial charge in [0.1, 0.15) is 11.5 Å². The van der Waals surface area contributed by atoms with Gasteiger partial charge in [0.05, 0.1) is 12.6 Å². The van der Waals surface area contributed by atoms with Crippen molar-refractivity contribution < 1.29 is 23.0 Å². The number of hydrogen-bond donors (Lipinski definition) is 1. The molecule has 1 aliphatic rings. The van der Waals surface area contributed by atoms with Crippen molar-refractivity contribution >= 4 is 17.2 Å². The van der Waals surface area contributed by atoms with E-state index in [1.54, 1.807) is 4.90 Å². The molecule has 0 radical (unpaired) electrons. The number of carbonyl (C=O) groups is 1. The van der Waals surface area contributed by atoms with Gasteiger partial charge in [-0.05, 0) is 27.2 Å².